The van der Waals surface area contributed by atoms with Crippen molar-refractivity contribution in [1.29, 1.82) is 0 Å². The van der Waals surface area contributed by atoms with Gasteiger partial charge in [0.25, 0.3) is 5.91 Å². The van der Waals surface area contributed by atoms with E-state index >= 15 is 0 Å². The van der Waals surface area contributed by atoms with Crippen molar-refractivity contribution in [3.8, 4) is 11.5 Å². The summed E-state index contributed by atoms with van der Waals surface area (Å²) in [5, 5.41) is 13.4. The van der Waals surface area contributed by atoms with Crippen molar-refractivity contribution in [3.63, 3.8) is 0 Å². The summed E-state index contributed by atoms with van der Waals surface area (Å²) < 4.78 is 69.0. The van der Waals surface area contributed by atoms with Crippen LogP contribution < -0.4 is 20.5 Å². The summed E-state index contributed by atoms with van der Waals surface area (Å²) in [6, 6.07) is 16.3. The van der Waals surface area contributed by atoms with E-state index in [1.54, 1.807) is 50.2 Å². The van der Waals surface area contributed by atoms with Crippen molar-refractivity contribution in [1.82, 2.24) is 4.98 Å². The quantitative estimate of drug-likeness (QED) is 0.172. The average Bonchev–Trinajstić information content (AvgIpc) is 3.30. The standard InChI is InChI=1S/C28H27F3N4O6S/c1-27(2,18-12-21(36)15-22(13-18)41-28(29,30)31)17-4-3-5-19(11-17)33-26(38)24-10-16-6-7-20(14-23(16)34-24)35-42(39,40)9-8-25(32)37/h3-7,10-15,34-36H,8-9H2,1-2H3,(H2,32,37)(H,33,38). The van der Waals surface area contributed by atoms with Gasteiger partial charge < -0.3 is 25.9 Å². The number of hydrogen-bond donors (Lipinski definition) is 5. The van der Waals surface area contributed by atoms with Crippen molar-refractivity contribution in [3.05, 3.63) is 83.6 Å². The van der Waals surface area contributed by atoms with Gasteiger partial charge in [-0.25, -0.2) is 8.42 Å². The molecule has 6 N–H and O–H groups in total. The molecule has 0 radical (unpaired) electrons. The molecular weight excluding hydrogens is 577 g/mol. The van der Waals surface area contributed by atoms with Crippen LogP contribution in [0.4, 0.5) is 24.5 Å². The Morgan fingerprint density at radius 3 is 2.40 bits per heavy atom. The maximum absolute atomic E-state index is 13.0. The molecule has 3 aromatic carbocycles. The summed E-state index contributed by atoms with van der Waals surface area (Å²) in [5.41, 5.74) is 6.39. The number of benzene rings is 3. The van der Waals surface area contributed by atoms with Crippen LogP contribution in [0.3, 0.4) is 0 Å². The molecule has 1 aromatic heterocycles. The van der Waals surface area contributed by atoms with Crippen LogP contribution in [0.2, 0.25) is 0 Å². The largest absolute Gasteiger partial charge is 0.573 e. The van der Waals surface area contributed by atoms with Gasteiger partial charge in [-0.05, 0) is 53.6 Å². The Morgan fingerprint density at radius 2 is 1.71 bits per heavy atom. The van der Waals surface area contributed by atoms with E-state index < -0.39 is 50.9 Å². The van der Waals surface area contributed by atoms with Gasteiger partial charge in [0.15, 0.2) is 0 Å². The second kappa shape index (κ2) is 11.3. The summed E-state index contributed by atoms with van der Waals surface area (Å²) >= 11 is 0. The number of hydrogen-bond acceptors (Lipinski definition) is 6. The number of fused-ring (bicyclic) bond motifs is 1. The Bertz CT molecular complexity index is 1770. The van der Waals surface area contributed by atoms with Crippen molar-refractivity contribution < 1.29 is 41.0 Å². The number of carbonyl (C=O) groups is 2. The summed E-state index contributed by atoms with van der Waals surface area (Å²) in [6.07, 6.45) is -5.26. The third-order valence-corrected chi connectivity index (χ3v) is 7.73. The Morgan fingerprint density at radius 1 is 0.976 bits per heavy atom. The Hall–Kier alpha value is -4.72. The number of alkyl halides is 3. The third-order valence-electron chi connectivity index (χ3n) is 6.45. The number of phenols is 1. The highest BCUT2D eigenvalue weighted by Gasteiger charge is 2.32. The average molecular weight is 605 g/mol. The number of primary amides is 1. The van der Waals surface area contributed by atoms with E-state index in [0.717, 1.165) is 6.07 Å². The van der Waals surface area contributed by atoms with Gasteiger partial charge in [0.1, 0.15) is 17.2 Å². The highest BCUT2D eigenvalue weighted by molar-refractivity contribution is 7.92. The molecule has 0 aliphatic carbocycles. The van der Waals surface area contributed by atoms with Crippen molar-refractivity contribution >= 4 is 44.1 Å². The van der Waals surface area contributed by atoms with E-state index in [-0.39, 0.29) is 17.8 Å². The molecule has 14 heteroatoms. The number of nitrogens with one attached hydrogen (secondary N) is 3. The van der Waals surface area contributed by atoms with Crippen molar-refractivity contribution in [2.24, 2.45) is 5.73 Å². The second-order valence-corrected chi connectivity index (χ2v) is 11.9. The SMILES string of the molecule is CC(C)(c1cccc(NC(=O)c2cc3ccc(NS(=O)(=O)CCC(N)=O)cc3[nH]2)c1)c1cc(O)cc(OC(F)(F)F)c1. The summed E-state index contributed by atoms with van der Waals surface area (Å²) in [7, 11) is -3.81. The molecule has 0 saturated heterocycles. The first-order chi connectivity index (χ1) is 19.5. The number of anilines is 2. The molecule has 0 bridgehead atoms. The van der Waals surface area contributed by atoms with Gasteiger partial charge in [0.2, 0.25) is 15.9 Å². The minimum Gasteiger partial charge on any atom is -0.508 e. The number of halogens is 3. The fraction of sp³-hybridized carbons (Fsp3) is 0.214. The lowest BCUT2D eigenvalue weighted by Gasteiger charge is -2.27. The molecule has 0 atom stereocenters. The molecule has 4 aromatic rings. The molecular formula is C28H27F3N4O6S. The molecule has 1 heterocycles. The van der Waals surface area contributed by atoms with Crippen molar-refractivity contribution in [2.45, 2.75) is 32.0 Å². The first-order valence-electron chi connectivity index (χ1n) is 12.4. The van der Waals surface area contributed by atoms with E-state index in [4.69, 9.17) is 5.73 Å². The number of nitrogens with two attached hydrogens (primary N) is 1. The lowest BCUT2D eigenvalue weighted by atomic mass is 9.78. The predicted octanol–water partition coefficient (Wildman–Crippen LogP) is 4.97. The van der Waals surface area contributed by atoms with Crippen LogP contribution in [0.15, 0.2) is 66.7 Å². The molecule has 0 spiro atoms. The van der Waals surface area contributed by atoms with E-state index in [1.807, 2.05) is 0 Å². The zero-order valence-corrected chi connectivity index (χ0v) is 23.2. The number of amides is 2. The second-order valence-electron chi connectivity index (χ2n) is 10.0. The zero-order valence-electron chi connectivity index (χ0n) is 22.4. The van der Waals surface area contributed by atoms with Crippen LogP contribution in [0.1, 0.15) is 41.9 Å². The molecule has 10 nitrogen and oxygen atoms in total. The molecule has 42 heavy (non-hydrogen) atoms. The van der Waals surface area contributed by atoms with E-state index in [2.05, 4.69) is 19.8 Å². The van der Waals surface area contributed by atoms with Gasteiger partial charge in [-0.2, -0.15) is 0 Å². The zero-order chi connectivity index (χ0) is 30.9. The fourth-order valence-electron chi connectivity index (χ4n) is 4.27. The maximum Gasteiger partial charge on any atom is 0.573 e. The van der Waals surface area contributed by atoms with Crippen LogP contribution in [-0.4, -0.2) is 42.4 Å². The molecule has 0 aliphatic rings. The van der Waals surface area contributed by atoms with E-state index in [1.165, 1.54) is 24.3 Å². The first-order valence-corrected chi connectivity index (χ1v) is 14.1. The number of aromatic hydroxyl groups is 1. The Labute approximate surface area is 238 Å². The number of aromatic amines is 1. The summed E-state index contributed by atoms with van der Waals surface area (Å²) in [4.78, 5) is 26.9. The number of aromatic nitrogens is 1. The smallest absolute Gasteiger partial charge is 0.508 e. The Balaban J connectivity index is 1.53. The molecule has 0 aliphatic heterocycles. The highest BCUT2D eigenvalue weighted by Crippen LogP contribution is 2.38. The van der Waals surface area contributed by atoms with Crippen LogP contribution >= 0.6 is 0 Å². The Kier molecular flexibility index (Phi) is 8.12. The lowest BCUT2D eigenvalue weighted by molar-refractivity contribution is -0.274. The van der Waals surface area contributed by atoms with Gasteiger partial charge in [-0.3, -0.25) is 14.3 Å². The van der Waals surface area contributed by atoms with Gasteiger partial charge in [0.05, 0.1) is 11.4 Å². The monoisotopic (exact) mass is 604 g/mol. The van der Waals surface area contributed by atoms with Crippen molar-refractivity contribution in [2.75, 3.05) is 15.8 Å². The van der Waals surface area contributed by atoms with Gasteiger partial charge in [-0.1, -0.05) is 32.0 Å². The highest BCUT2D eigenvalue weighted by atomic mass is 32.2. The molecule has 4 rings (SSSR count). The lowest BCUT2D eigenvalue weighted by Crippen LogP contribution is -2.22. The molecule has 0 unspecified atom stereocenters. The minimum atomic E-state index is -4.93. The maximum atomic E-state index is 13.0. The minimum absolute atomic E-state index is 0.185. The topological polar surface area (TPSA) is 164 Å². The van der Waals surface area contributed by atoms with Crippen LogP contribution in [0.25, 0.3) is 10.9 Å². The number of phenolic OH excluding ortho intramolecular Hbond substituents is 1. The van der Waals surface area contributed by atoms with Crippen LogP contribution in [0.5, 0.6) is 11.5 Å². The molecule has 2 amide bonds. The first kappa shape index (κ1) is 30.2. The number of carbonyl (C=O) groups excluding carboxylic acids is 2. The van der Waals surface area contributed by atoms with Gasteiger partial charge >= 0.3 is 6.36 Å². The molecule has 0 fully saturated rings. The fourth-order valence-corrected chi connectivity index (χ4v) is 5.32. The summed E-state index contributed by atoms with van der Waals surface area (Å²) in [6.45, 7) is 3.50. The number of sulfonamides is 1. The number of H-pyrrole nitrogens is 1. The van der Waals surface area contributed by atoms with E-state index in [9.17, 15) is 36.3 Å². The number of ether oxygens (including phenoxy) is 1. The summed E-state index contributed by atoms with van der Waals surface area (Å²) in [5.74, 6) is -2.67. The molecule has 0 saturated carbocycles. The van der Waals surface area contributed by atoms with Crippen LogP contribution in [0, 0.1) is 0 Å². The van der Waals surface area contributed by atoms with Gasteiger partial charge in [0, 0.05) is 34.5 Å². The third kappa shape index (κ3) is 7.51. The predicted molar refractivity (Wildman–Crippen MR) is 151 cm³/mol. The van der Waals surface area contributed by atoms with E-state index in [0.29, 0.717) is 27.7 Å². The molecule has 222 valence electrons. The van der Waals surface area contributed by atoms with Gasteiger partial charge in [-0.15, -0.1) is 13.2 Å². The number of rotatable bonds is 10. The van der Waals surface area contributed by atoms with Crippen LogP contribution in [-0.2, 0) is 20.2 Å². The normalized spacial score (nSPS) is 12.2.